The summed E-state index contributed by atoms with van der Waals surface area (Å²) in [6.45, 7) is 5.77. The van der Waals surface area contributed by atoms with Crippen molar-refractivity contribution in [2.45, 2.75) is 83.8 Å². The van der Waals surface area contributed by atoms with Gasteiger partial charge in [-0.2, -0.15) is 0 Å². The van der Waals surface area contributed by atoms with Crippen molar-refractivity contribution in [2.75, 3.05) is 7.11 Å². The second-order valence-corrected chi connectivity index (χ2v) is 11.4. The molecule has 7 heteroatoms. The van der Waals surface area contributed by atoms with Crippen LogP contribution in [0.25, 0.3) is 0 Å². The van der Waals surface area contributed by atoms with Crippen LogP contribution >= 0.6 is 0 Å². The van der Waals surface area contributed by atoms with Crippen LogP contribution in [-0.2, 0) is 33.4 Å². The first-order valence-electron chi connectivity index (χ1n) is 12.3. The highest BCUT2D eigenvalue weighted by Gasteiger charge is 2.71. The third-order valence-electron chi connectivity index (χ3n) is 10.1. The summed E-state index contributed by atoms with van der Waals surface area (Å²) < 4.78 is 17.3. The zero-order valence-corrected chi connectivity index (χ0v) is 20.0. The van der Waals surface area contributed by atoms with E-state index in [2.05, 4.69) is 13.8 Å². The molecule has 0 N–H and O–H groups in total. The molecule has 5 aliphatic rings. The molecule has 8 atom stereocenters. The molecule has 5 rings (SSSR count). The van der Waals surface area contributed by atoms with Crippen molar-refractivity contribution in [1.29, 1.82) is 0 Å². The molecular weight excluding hydrogens is 424 g/mol. The minimum absolute atomic E-state index is 0.0745. The van der Waals surface area contributed by atoms with Crippen LogP contribution in [0.3, 0.4) is 0 Å². The van der Waals surface area contributed by atoms with Crippen LogP contribution in [0, 0.1) is 34.5 Å². The number of hydrogen-bond donors (Lipinski definition) is 0. The molecule has 0 aromatic carbocycles. The summed E-state index contributed by atoms with van der Waals surface area (Å²) in [4.78, 5) is 50.0. The summed E-state index contributed by atoms with van der Waals surface area (Å²) in [5.74, 6) is -1.15. The van der Waals surface area contributed by atoms with Crippen LogP contribution in [0.1, 0.15) is 72.1 Å². The minimum atomic E-state index is -0.571. The highest BCUT2D eigenvalue weighted by Crippen LogP contribution is 2.71. The van der Waals surface area contributed by atoms with E-state index in [1.54, 1.807) is 6.08 Å². The topological polar surface area (TPSA) is 96.0 Å². The molecule has 180 valence electrons. The lowest BCUT2D eigenvalue weighted by atomic mass is 9.43. The van der Waals surface area contributed by atoms with Gasteiger partial charge < -0.3 is 14.2 Å². The maximum absolute atomic E-state index is 13.1. The molecule has 0 radical (unpaired) electrons. The molecule has 0 bridgehead atoms. The molecular formula is C26H34O7. The SMILES string of the molecule is COC(=O)[C@H]1CC2=CC(=O)CC[C@]2(C)[C@@H]2[C@@H]1[C@@H]1CC[C@@]3(CCC(=O)O3)[C@@]1(C)C[C@H]2OC(C)=O. The second-order valence-electron chi connectivity index (χ2n) is 11.4. The Kier molecular flexibility index (Phi) is 5.07. The zero-order chi connectivity index (χ0) is 23.8. The Morgan fingerprint density at radius 1 is 1.12 bits per heavy atom. The van der Waals surface area contributed by atoms with E-state index in [9.17, 15) is 19.2 Å². The molecule has 0 unspecified atom stereocenters. The third-order valence-corrected chi connectivity index (χ3v) is 10.1. The Balaban J connectivity index is 1.66. The Labute approximate surface area is 194 Å². The van der Waals surface area contributed by atoms with Crippen LogP contribution in [-0.4, -0.2) is 42.5 Å². The number of esters is 3. The van der Waals surface area contributed by atoms with E-state index in [4.69, 9.17) is 14.2 Å². The standard InChI is InChI=1S/C26H34O7/c1-14(27)32-19-13-25(3)18(6-9-26(25)10-7-20(29)33-26)21-17(23(30)31-4)12-15-11-16(28)5-8-24(15,2)22(19)21/h11,17-19,21-22H,5-10,12-13H2,1-4H3/t17-,18-,19+,21-,22-,24-,25-,26+/m0/s1. The van der Waals surface area contributed by atoms with Gasteiger partial charge in [0.15, 0.2) is 5.78 Å². The number of fused-ring (bicyclic) bond motifs is 6. The number of methoxy groups -OCH3 is 1. The molecule has 0 amide bonds. The van der Waals surface area contributed by atoms with Gasteiger partial charge in [-0.25, -0.2) is 0 Å². The normalized spacial score (nSPS) is 46.1. The van der Waals surface area contributed by atoms with Crippen molar-refractivity contribution in [2.24, 2.45) is 34.5 Å². The van der Waals surface area contributed by atoms with Gasteiger partial charge in [-0.1, -0.05) is 19.4 Å². The molecule has 7 nitrogen and oxygen atoms in total. The fourth-order valence-electron chi connectivity index (χ4n) is 8.64. The molecule has 1 aliphatic heterocycles. The number of hydrogen-bond acceptors (Lipinski definition) is 7. The highest BCUT2D eigenvalue weighted by atomic mass is 16.6. The average molecular weight is 459 g/mol. The van der Waals surface area contributed by atoms with Crippen molar-refractivity contribution in [3.8, 4) is 0 Å². The number of rotatable bonds is 2. The smallest absolute Gasteiger partial charge is 0.309 e. The second kappa shape index (κ2) is 7.41. The summed E-state index contributed by atoms with van der Waals surface area (Å²) in [6.07, 6.45) is 6.24. The van der Waals surface area contributed by atoms with Gasteiger partial charge in [-0.15, -0.1) is 0 Å². The van der Waals surface area contributed by atoms with Gasteiger partial charge in [-0.3, -0.25) is 19.2 Å². The van der Waals surface area contributed by atoms with Crippen molar-refractivity contribution in [3.63, 3.8) is 0 Å². The Morgan fingerprint density at radius 3 is 2.52 bits per heavy atom. The van der Waals surface area contributed by atoms with Crippen LogP contribution in [0.15, 0.2) is 11.6 Å². The molecule has 4 aliphatic carbocycles. The molecule has 33 heavy (non-hydrogen) atoms. The number of ether oxygens (including phenoxy) is 3. The number of ketones is 1. The summed E-state index contributed by atoms with van der Waals surface area (Å²) in [6, 6.07) is 0. The lowest BCUT2D eigenvalue weighted by Crippen LogP contribution is -2.63. The fraction of sp³-hybridized carbons (Fsp3) is 0.769. The van der Waals surface area contributed by atoms with Crippen molar-refractivity contribution < 1.29 is 33.4 Å². The first-order chi connectivity index (χ1) is 15.5. The molecule has 1 spiro atoms. The van der Waals surface area contributed by atoms with Crippen LogP contribution in [0.4, 0.5) is 0 Å². The Morgan fingerprint density at radius 2 is 1.88 bits per heavy atom. The summed E-state index contributed by atoms with van der Waals surface area (Å²) in [5.41, 5.74) is -0.309. The number of carbonyl (C=O) groups is 4. The maximum Gasteiger partial charge on any atom is 0.309 e. The predicted octanol–water partition coefficient (Wildman–Crippen LogP) is 3.53. The molecule has 0 aromatic rings. The van der Waals surface area contributed by atoms with E-state index in [1.807, 2.05) is 0 Å². The third kappa shape index (κ3) is 3.06. The van der Waals surface area contributed by atoms with E-state index in [0.717, 1.165) is 18.4 Å². The Bertz CT molecular complexity index is 952. The summed E-state index contributed by atoms with van der Waals surface area (Å²) >= 11 is 0. The average Bonchev–Trinajstić information content (AvgIpc) is 3.27. The van der Waals surface area contributed by atoms with Crippen LogP contribution in [0.2, 0.25) is 0 Å². The largest absolute Gasteiger partial charge is 0.469 e. The van der Waals surface area contributed by atoms with Gasteiger partial charge in [0.25, 0.3) is 0 Å². The summed E-state index contributed by atoms with van der Waals surface area (Å²) in [7, 11) is 1.41. The lowest BCUT2D eigenvalue weighted by Gasteiger charge is -2.62. The van der Waals surface area contributed by atoms with Gasteiger partial charge >= 0.3 is 17.9 Å². The first kappa shape index (κ1) is 22.6. The lowest BCUT2D eigenvalue weighted by molar-refractivity contribution is -0.207. The molecule has 1 heterocycles. The molecule has 4 fully saturated rings. The van der Waals surface area contributed by atoms with Crippen molar-refractivity contribution in [3.05, 3.63) is 11.6 Å². The fourth-order valence-corrected chi connectivity index (χ4v) is 8.64. The van der Waals surface area contributed by atoms with Gasteiger partial charge in [0.2, 0.25) is 0 Å². The molecule has 1 saturated heterocycles. The number of allylic oxidation sites excluding steroid dienone is 1. The van der Waals surface area contributed by atoms with Gasteiger partial charge in [0, 0.05) is 31.1 Å². The maximum atomic E-state index is 13.1. The van der Waals surface area contributed by atoms with Gasteiger partial charge in [-0.05, 0) is 61.9 Å². The predicted molar refractivity (Wildman–Crippen MR) is 117 cm³/mol. The molecule has 0 aromatic heterocycles. The quantitative estimate of drug-likeness (QED) is 0.461. The minimum Gasteiger partial charge on any atom is -0.469 e. The van der Waals surface area contributed by atoms with E-state index in [1.165, 1.54) is 14.0 Å². The van der Waals surface area contributed by atoms with Crippen LogP contribution < -0.4 is 0 Å². The van der Waals surface area contributed by atoms with Gasteiger partial charge in [0.1, 0.15) is 11.7 Å². The zero-order valence-electron chi connectivity index (χ0n) is 20.0. The first-order valence-corrected chi connectivity index (χ1v) is 12.3. The summed E-state index contributed by atoms with van der Waals surface area (Å²) in [5, 5.41) is 0. The van der Waals surface area contributed by atoms with E-state index >= 15 is 0 Å². The van der Waals surface area contributed by atoms with E-state index in [-0.39, 0.29) is 46.9 Å². The monoisotopic (exact) mass is 458 g/mol. The van der Waals surface area contributed by atoms with E-state index in [0.29, 0.717) is 38.5 Å². The van der Waals surface area contributed by atoms with Gasteiger partial charge in [0.05, 0.1) is 13.0 Å². The number of carbonyl (C=O) groups excluding carboxylic acids is 4. The van der Waals surface area contributed by atoms with Crippen molar-refractivity contribution >= 4 is 23.7 Å². The van der Waals surface area contributed by atoms with E-state index < -0.39 is 23.0 Å². The van der Waals surface area contributed by atoms with Crippen LogP contribution in [0.5, 0.6) is 0 Å². The molecule has 3 saturated carbocycles. The Hall–Kier alpha value is -2.18. The highest BCUT2D eigenvalue weighted by molar-refractivity contribution is 5.92. The van der Waals surface area contributed by atoms with Crippen molar-refractivity contribution in [1.82, 2.24) is 0 Å².